The monoisotopic (exact) mass is 202 g/mol. The molecule has 6 heteroatoms. The summed E-state index contributed by atoms with van der Waals surface area (Å²) in [4.78, 5) is 27.9. The summed E-state index contributed by atoms with van der Waals surface area (Å²) in [7, 11) is 0. The minimum absolute atomic E-state index is 0.481. The summed E-state index contributed by atoms with van der Waals surface area (Å²) in [6.45, 7) is 7.25. The first kappa shape index (κ1) is 17.8. The average Bonchev–Trinajstić information content (AvgIpc) is 2.04. The maximum atomic E-state index is 9.47. The summed E-state index contributed by atoms with van der Waals surface area (Å²) in [5, 5.41) is 7.42. The number of carboxylic acid groups (broad SMARTS) is 1. The van der Waals surface area contributed by atoms with Crippen LogP contribution in [0.1, 0.15) is 6.92 Å². The smallest absolute Gasteiger partial charge is 0.300 e. The molecule has 14 heavy (non-hydrogen) atoms. The Morgan fingerprint density at radius 1 is 1.07 bits per heavy atom. The highest BCUT2D eigenvalue weighted by Gasteiger charge is 1.70. The highest BCUT2D eigenvalue weighted by molar-refractivity contribution is 5.85. The molecule has 0 heterocycles. The first-order valence-electron chi connectivity index (χ1n) is 3.31. The van der Waals surface area contributed by atoms with E-state index in [0.29, 0.717) is 0 Å². The molecule has 2 amide bonds. The number of carboxylic acids is 1. The molecule has 0 saturated carbocycles. The maximum absolute atomic E-state index is 9.47. The van der Waals surface area contributed by atoms with Crippen molar-refractivity contribution in [2.45, 2.75) is 6.92 Å². The van der Waals surface area contributed by atoms with Crippen LogP contribution in [0.25, 0.3) is 0 Å². The minimum Gasteiger partial charge on any atom is -0.481 e. The first-order chi connectivity index (χ1) is 6.27. The van der Waals surface area contributed by atoms with Crippen LogP contribution >= 0.6 is 0 Å². The van der Waals surface area contributed by atoms with Gasteiger partial charge in [-0.05, 0) is 12.2 Å². The van der Waals surface area contributed by atoms with E-state index in [1.165, 1.54) is 0 Å². The second kappa shape index (κ2) is 13.5. The average molecular weight is 202 g/mol. The van der Waals surface area contributed by atoms with E-state index in [0.717, 1.165) is 19.1 Å². The SMILES string of the molecule is C=CC(N)=O.C=CC(N)=O.CC(=O)O. The van der Waals surface area contributed by atoms with Crippen LogP contribution in [0.5, 0.6) is 0 Å². The van der Waals surface area contributed by atoms with Crippen molar-refractivity contribution in [3.63, 3.8) is 0 Å². The van der Waals surface area contributed by atoms with Gasteiger partial charge in [-0.25, -0.2) is 0 Å². The third kappa shape index (κ3) is 219. The molecule has 0 fully saturated rings. The first-order valence-corrected chi connectivity index (χ1v) is 3.31. The molecule has 80 valence electrons. The molecule has 0 bridgehead atoms. The van der Waals surface area contributed by atoms with E-state index < -0.39 is 17.8 Å². The summed E-state index contributed by atoms with van der Waals surface area (Å²) in [6.07, 6.45) is 2.11. The van der Waals surface area contributed by atoms with Crippen LogP contribution in [0.4, 0.5) is 0 Å². The maximum Gasteiger partial charge on any atom is 0.300 e. The van der Waals surface area contributed by atoms with E-state index in [4.69, 9.17) is 9.90 Å². The second-order valence-corrected chi connectivity index (χ2v) is 1.73. The fraction of sp³-hybridized carbons (Fsp3) is 0.125. The second-order valence-electron chi connectivity index (χ2n) is 1.73. The van der Waals surface area contributed by atoms with Gasteiger partial charge in [0.2, 0.25) is 11.8 Å². The standard InChI is InChI=1S/2C3H5NO.C2H4O2/c2*1-2-3(4)5;1-2(3)4/h2*2H,1H2,(H2,4,5);1H3,(H,3,4). The van der Waals surface area contributed by atoms with Gasteiger partial charge in [-0.15, -0.1) is 0 Å². The number of hydrogen-bond acceptors (Lipinski definition) is 3. The van der Waals surface area contributed by atoms with Crippen LogP contribution in [0.2, 0.25) is 0 Å². The molecule has 0 rings (SSSR count). The number of carbonyl (C=O) groups excluding carboxylic acids is 2. The topological polar surface area (TPSA) is 123 Å². The molecule has 0 aliphatic carbocycles. The summed E-state index contributed by atoms with van der Waals surface area (Å²) < 4.78 is 0. The van der Waals surface area contributed by atoms with E-state index in [1.807, 2.05) is 0 Å². The van der Waals surface area contributed by atoms with Crippen LogP contribution in [-0.4, -0.2) is 22.9 Å². The molecule has 0 aliphatic rings. The van der Waals surface area contributed by atoms with Gasteiger partial charge < -0.3 is 16.6 Å². The Labute approximate surface area is 81.9 Å². The number of primary amides is 2. The largest absolute Gasteiger partial charge is 0.481 e. The molecule has 0 saturated heterocycles. The van der Waals surface area contributed by atoms with Gasteiger partial charge in [0, 0.05) is 6.92 Å². The molecule has 6 nitrogen and oxygen atoms in total. The van der Waals surface area contributed by atoms with Gasteiger partial charge in [-0.1, -0.05) is 13.2 Å². The van der Waals surface area contributed by atoms with Crippen molar-refractivity contribution in [1.82, 2.24) is 0 Å². The third-order valence-electron chi connectivity index (χ3n) is 0.402. The predicted molar refractivity (Wildman–Crippen MR) is 52.1 cm³/mol. The molecule has 0 unspecified atom stereocenters. The lowest BCUT2D eigenvalue weighted by molar-refractivity contribution is -0.134. The summed E-state index contributed by atoms with van der Waals surface area (Å²) in [6, 6.07) is 0. The van der Waals surface area contributed by atoms with Crippen molar-refractivity contribution in [1.29, 1.82) is 0 Å². The molecule has 0 aromatic heterocycles. The van der Waals surface area contributed by atoms with Crippen LogP contribution < -0.4 is 11.5 Å². The van der Waals surface area contributed by atoms with Gasteiger partial charge in [0.25, 0.3) is 5.97 Å². The molecule has 0 radical (unpaired) electrons. The normalized spacial score (nSPS) is 6.36. The number of rotatable bonds is 2. The summed E-state index contributed by atoms with van der Waals surface area (Å²) >= 11 is 0. The van der Waals surface area contributed by atoms with E-state index in [2.05, 4.69) is 24.6 Å². The molecule has 0 aromatic rings. The van der Waals surface area contributed by atoms with E-state index >= 15 is 0 Å². The quantitative estimate of drug-likeness (QED) is 0.517. The van der Waals surface area contributed by atoms with Crippen LogP contribution in [0.15, 0.2) is 25.3 Å². The summed E-state index contributed by atoms with van der Waals surface area (Å²) in [5.41, 5.74) is 9.07. The molecule has 0 aliphatic heterocycles. The fourth-order valence-electron chi connectivity index (χ4n) is 0. The van der Waals surface area contributed by atoms with Crippen LogP contribution in [0.3, 0.4) is 0 Å². The Hall–Kier alpha value is -2.11. The molecule has 0 atom stereocenters. The Kier molecular flexibility index (Phi) is 17.2. The fourth-order valence-corrected chi connectivity index (χ4v) is 0. The minimum atomic E-state index is -0.833. The Morgan fingerprint density at radius 3 is 1.14 bits per heavy atom. The number of nitrogens with two attached hydrogens (primary N) is 2. The number of carbonyl (C=O) groups is 3. The van der Waals surface area contributed by atoms with E-state index in [9.17, 15) is 9.59 Å². The van der Waals surface area contributed by atoms with Crippen molar-refractivity contribution in [3.8, 4) is 0 Å². The summed E-state index contributed by atoms with van der Waals surface area (Å²) in [5.74, 6) is -1.80. The highest BCUT2D eigenvalue weighted by atomic mass is 16.4. The number of hydrogen-bond donors (Lipinski definition) is 3. The molecule has 5 N–H and O–H groups in total. The Morgan fingerprint density at radius 2 is 1.14 bits per heavy atom. The van der Waals surface area contributed by atoms with Gasteiger partial charge >= 0.3 is 0 Å². The Bertz CT molecular complexity index is 201. The lowest BCUT2D eigenvalue weighted by Crippen LogP contribution is -2.04. The molecule has 0 aromatic carbocycles. The third-order valence-corrected chi connectivity index (χ3v) is 0.402. The van der Waals surface area contributed by atoms with Crippen LogP contribution in [-0.2, 0) is 14.4 Å². The van der Waals surface area contributed by atoms with E-state index in [-0.39, 0.29) is 0 Å². The molecular weight excluding hydrogens is 188 g/mol. The van der Waals surface area contributed by atoms with Gasteiger partial charge in [0.05, 0.1) is 0 Å². The lowest BCUT2D eigenvalue weighted by Gasteiger charge is -1.65. The van der Waals surface area contributed by atoms with Crippen molar-refractivity contribution < 1.29 is 19.5 Å². The predicted octanol–water partition coefficient (Wildman–Crippen LogP) is -0.594. The Balaban J connectivity index is -0.000000131. The van der Waals surface area contributed by atoms with Crippen molar-refractivity contribution in [2.75, 3.05) is 0 Å². The number of amides is 2. The van der Waals surface area contributed by atoms with Crippen molar-refractivity contribution in [3.05, 3.63) is 25.3 Å². The zero-order chi connectivity index (χ0) is 12.1. The van der Waals surface area contributed by atoms with E-state index in [1.54, 1.807) is 0 Å². The highest BCUT2D eigenvalue weighted by Crippen LogP contribution is 1.49. The zero-order valence-corrected chi connectivity index (χ0v) is 7.90. The lowest BCUT2D eigenvalue weighted by atomic mass is 10.6. The van der Waals surface area contributed by atoms with Crippen molar-refractivity contribution in [2.24, 2.45) is 11.5 Å². The van der Waals surface area contributed by atoms with Gasteiger partial charge in [-0.2, -0.15) is 0 Å². The van der Waals surface area contributed by atoms with Crippen LogP contribution in [0, 0.1) is 0 Å². The van der Waals surface area contributed by atoms with Crippen molar-refractivity contribution >= 4 is 17.8 Å². The van der Waals surface area contributed by atoms with Gasteiger partial charge in [0.15, 0.2) is 0 Å². The zero-order valence-electron chi connectivity index (χ0n) is 7.90. The molecular formula is C8H14N2O4. The molecule has 0 spiro atoms. The van der Waals surface area contributed by atoms with Gasteiger partial charge in [0.1, 0.15) is 0 Å². The number of aliphatic carboxylic acids is 1. The van der Waals surface area contributed by atoms with Gasteiger partial charge in [-0.3, -0.25) is 14.4 Å².